The lowest BCUT2D eigenvalue weighted by atomic mass is 10.2. The third kappa shape index (κ3) is 2.90. The van der Waals surface area contributed by atoms with Crippen LogP contribution in [0.2, 0.25) is 0 Å². The van der Waals surface area contributed by atoms with Crippen LogP contribution < -0.4 is 5.32 Å². The Morgan fingerprint density at radius 3 is 2.83 bits per heavy atom. The molecule has 0 bridgehead atoms. The van der Waals surface area contributed by atoms with Crippen LogP contribution in [-0.2, 0) is 6.54 Å². The van der Waals surface area contributed by atoms with E-state index in [1.54, 1.807) is 6.07 Å². The van der Waals surface area contributed by atoms with Gasteiger partial charge in [0, 0.05) is 24.8 Å². The first-order valence-electron chi connectivity index (χ1n) is 5.80. The lowest BCUT2D eigenvalue weighted by Gasteiger charge is -2.07. The molecule has 0 fully saturated rings. The van der Waals surface area contributed by atoms with Crippen molar-refractivity contribution in [2.45, 2.75) is 26.4 Å². The maximum absolute atomic E-state index is 13.3. The van der Waals surface area contributed by atoms with Gasteiger partial charge in [0.05, 0.1) is 4.47 Å². The Bertz CT molecular complexity index is 537. The van der Waals surface area contributed by atoms with Crippen molar-refractivity contribution in [1.82, 2.24) is 9.78 Å². The van der Waals surface area contributed by atoms with E-state index < -0.39 is 0 Å². The van der Waals surface area contributed by atoms with Crippen molar-refractivity contribution < 1.29 is 4.39 Å². The fourth-order valence-electron chi connectivity index (χ4n) is 1.59. The number of nitrogens with zero attached hydrogens (tertiary/aromatic N) is 2. The number of halogens is 2. The van der Waals surface area contributed by atoms with Crippen LogP contribution in [0, 0.1) is 5.82 Å². The molecule has 96 valence electrons. The summed E-state index contributed by atoms with van der Waals surface area (Å²) in [6, 6.07) is 7.25. The van der Waals surface area contributed by atoms with E-state index >= 15 is 0 Å². The molecule has 1 heterocycles. The van der Waals surface area contributed by atoms with Crippen LogP contribution in [-0.4, -0.2) is 9.78 Å². The molecule has 18 heavy (non-hydrogen) atoms. The monoisotopic (exact) mass is 311 g/mol. The van der Waals surface area contributed by atoms with Gasteiger partial charge in [0.2, 0.25) is 0 Å². The van der Waals surface area contributed by atoms with Crippen molar-refractivity contribution in [2.24, 2.45) is 0 Å². The SMILES string of the molecule is CC(C)n1ccc(NCc2cccc(F)c2Br)n1. The first kappa shape index (κ1) is 13.1. The Morgan fingerprint density at radius 2 is 2.17 bits per heavy atom. The molecule has 0 amide bonds. The van der Waals surface area contributed by atoms with Crippen molar-refractivity contribution in [2.75, 3.05) is 5.32 Å². The van der Waals surface area contributed by atoms with Gasteiger partial charge in [-0.15, -0.1) is 0 Å². The molecule has 1 aromatic heterocycles. The van der Waals surface area contributed by atoms with Crippen LogP contribution >= 0.6 is 15.9 Å². The second-order valence-electron chi connectivity index (χ2n) is 4.34. The molecule has 0 saturated carbocycles. The number of aromatic nitrogens is 2. The molecule has 0 aliphatic rings. The highest BCUT2D eigenvalue weighted by atomic mass is 79.9. The summed E-state index contributed by atoms with van der Waals surface area (Å²) >= 11 is 3.24. The van der Waals surface area contributed by atoms with Gasteiger partial charge < -0.3 is 5.32 Å². The summed E-state index contributed by atoms with van der Waals surface area (Å²) in [6.07, 6.45) is 1.92. The smallest absolute Gasteiger partial charge is 0.148 e. The van der Waals surface area contributed by atoms with Crippen LogP contribution in [0.5, 0.6) is 0 Å². The van der Waals surface area contributed by atoms with E-state index in [1.807, 2.05) is 23.0 Å². The molecule has 5 heteroatoms. The van der Waals surface area contributed by atoms with E-state index in [2.05, 4.69) is 40.2 Å². The Balaban J connectivity index is 2.04. The number of hydrogen-bond donors (Lipinski definition) is 1. The van der Waals surface area contributed by atoms with E-state index in [1.165, 1.54) is 6.07 Å². The normalized spacial score (nSPS) is 10.9. The average molecular weight is 312 g/mol. The summed E-state index contributed by atoms with van der Waals surface area (Å²) in [6.45, 7) is 4.67. The maximum Gasteiger partial charge on any atom is 0.148 e. The zero-order valence-electron chi connectivity index (χ0n) is 10.3. The average Bonchev–Trinajstić information content (AvgIpc) is 2.80. The number of hydrogen-bond acceptors (Lipinski definition) is 2. The van der Waals surface area contributed by atoms with Crippen LogP contribution in [0.1, 0.15) is 25.5 Å². The van der Waals surface area contributed by atoms with E-state index in [9.17, 15) is 4.39 Å². The van der Waals surface area contributed by atoms with Crippen molar-refractivity contribution >= 4 is 21.7 Å². The molecular formula is C13H15BrFN3. The number of nitrogens with one attached hydrogen (secondary N) is 1. The Kier molecular flexibility index (Phi) is 4.01. The van der Waals surface area contributed by atoms with Gasteiger partial charge in [-0.2, -0.15) is 5.10 Å². The minimum Gasteiger partial charge on any atom is -0.364 e. The molecule has 0 aliphatic carbocycles. The summed E-state index contributed by atoms with van der Waals surface area (Å²) in [5.74, 6) is 0.543. The van der Waals surface area contributed by atoms with Crippen molar-refractivity contribution in [3.05, 3.63) is 46.3 Å². The van der Waals surface area contributed by atoms with E-state index in [-0.39, 0.29) is 5.82 Å². The minimum atomic E-state index is -0.248. The molecule has 0 aliphatic heterocycles. The van der Waals surface area contributed by atoms with Gasteiger partial charge in [0.15, 0.2) is 0 Å². The van der Waals surface area contributed by atoms with Crippen LogP contribution in [0.3, 0.4) is 0 Å². The second kappa shape index (κ2) is 5.52. The zero-order valence-corrected chi connectivity index (χ0v) is 11.9. The van der Waals surface area contributed by atoms with Crippen molar-refractivity contribution in [3.63, 3.8) is 0 Å². The van der Waals surface area contributed by atoms with E-state index in [0.717, 1.165) is 11.4 Å². The molecule has 0 radical (unpaired) electrons. The minimum absolute atomic E-state index is 0.248. The summed E-state index contributed by atoms with van der Waals surface area (Å²) < 4.78 is 15.7. The zero-order chi connectivity index (χ0) is 13.1. The molecule has 2 aromatic rings. The summed E-state index contributed by atoms with van der Waals surface area (Å²) in [4.78, 5) is 0. The fourth-order valence-corrected chi connectivity index (χ4v) is 2.00. The lowest BCUT2D eigenvalue weighted by molar-refractivity contribution is 0.534. The van der Waals surface area contributed by atoms with Gasteiger partial charge in [0.25, 0.3) is 0 Å². The molecule has 1 N–H and O–H groups in total. The number of anilines is 1. The van der Waals surface area contributed by atoms with Gasteiger partial charge in [-0.05, 0) is 41.4 Å². The third-order valence-corrected chi connectivity index (χ3v) is 3.52. The standard InChI is InChI=1S/C13H15BrFN3/c1-9(2)18-7-6-12(17-18)16-8-10-4-3-5-11(15)13(10)14/h3-7,9H,8H2,1-2H3,(H,16,17). The summed E-state index contributed by atoms with van der Waals surface area (Å²) in [5, 5.41) is 7.55. The van der Waals surface area contributed by atoms with Gasteiger partial charge >= 0.3 is 0 Å². The predicted molar refractivity (Wildman–Crippen MR) is 74.0 cm³/mol. The predicted octanol–water partition coefficient (Wildman–Crippen LogP) is 3.98. The fraction of sp³-hybridized carbons (Fsp3) is 0.308. The molecular weight excluding hydrogens is 297 g/mol. The molecule has 3 nitrogen and oxygen atoms in total. The highest BCUT2D eigenvalue weighted by Gasteiger charge is 2.06. The third-order valence-electron chi connectivity index (χ3n) is 2.63. The van der Waals surface area contributed by atoms with Crippen LogP contribution in [0.4, 0.5) is 10.2 Å². The second-order valence-corrected chi connectivity index (χ2v) is 5.13. The molecule has 2 rings (SSSR count). The molecule has 0 atom stereocenters. The largest absolute Gasteiger partial charge is 0.364 e. The first-order valence-corrected chi connectivity index (χ1v) is 6.59. The topological polar surface area (TPSA) is 29.9 Å². The maximum atomic E-state index is 13.3. The van der Waals surface area contributed by atoms with Gasteiger partial charge in [-0.25, -0.2) is 4.39 Å². The Morgan fingerprint density at radius 1 is 1.39 bits per heavy atom. The van der Waals surface area contributed by atoms with E-state index in [0.29, 0.717) is 17.1 Å². The van der Waals surface area contributed by atoms with E-state index in [4.69, 9.17) is 0 Å². The molecule has 0 spiro atoms. The summed E-state index contributed by atoms with van der Waals surface area (Å²) in [5.41, 5.74) is 0.870. The quantitative estimate of drug-likeness (QED) is 0.925. The Hall–Kier alpha value is -1.36. The van der Waals surface area contributed by atoms with Crippen molar-refractivity contribution in [1.29, 1.82) is 0 Å². The number of benzene rings is 1. The highest BCUT2D eigenvalue weighted by molar-refractivity contribution is 9.10. The molecule has 0 unspecified atom stereocenters. The highest BCUT2D eigenvalue weighted by Crippen LogP contribution is 2.21. The van der Waals surface area contributed by atoms with Gasteiger partial charge in [0.1, 0.15) is 11.6 Å². The summed E-state index contributed by atoms with van der Waals surface area (Å²) in [7, 11) is 0. The van der Waals surface area contributed by atoms with Gasteiger partial charge in [-0.3, -0.25) is 4.68 Å². The molecule has 1 aromatic carbocycles. The van der Waals surface area contributed by atoms with Gasteiger partial charge in [-0.1, -0.05) is 12.1 Å². The Labute approximate surface area is 114 Å². The lowest BCUT2D eigenvalue weighted by Crippen LogP contribution is -2.04. The van der Waals surface area contributed by atoms with Crippen LogP contribution in [0.15, 0.2) is 34.9 Å². The number of rotatable bonds is 4. The van der Waals surface area contributed by atoms with Crippen LogP contribution in [0.25, 0.3) is 0 Å². The molecule has 0 saturated heterocycles. The van der Waals surface area contributed by atoms with Crippen molar-refractivity contribution in [3.8, 4) is 0 Å². The first-order chi connectivity index (χ1) is 8.58.